The van der Waals surface area contributed by atoms with Crippen LogP contribution in [0, 0.1) is 5.82 Å². The third kappa shape index (κ3) is 4.03. The highest BCUT2D eigenvalue weighted by Crippen LogP contribution is 2.21. The first-order valence-corrected chi connectivity index (χ1v) is 6.25. The molecule has 0 fully saturated rings. The van der Waals surface area contributed by atoms with Crippen LogP contribution in [-0.2, 0) is 9.53 Å². The van der Waals surface area contributed by atoms with E-state index in [0.29, 0.717) is 5.75 Å². The number of Topliss-reactive ketones (excluding diaryl/α,β-unsaturated/α-hetero) is 1. The molecule has 0 saturated carbocycles. The number of hydrogen-bond donors (Lipinski definition) is 0. The molecule has 6 heteroatoms. The smallest absolute Gasteiger partial charge is 0.315 e. The second kappa shape index (κ2) is 7.00. The number of ether oxygens (including phenoxy) is 2. The van der Waals surface area contributed by atoms with Crippen LogP contribution in [0.5, 0.6) is 5.75 Å². The summed E-state index contributed by atoms with van der Waals surface area (Å²) >= 11 is 1.11. The normalized spacial score (nSPS) is 9.94. The second-order valence-electron chi connectivity index (χ2n) is 3.34. The van der Waals surface area contributed by atoms with E-state index < -0.39 is 11.8 Å². The molecular formula is C12H13FO4S. The van der Waals surface area contributed by atoms with Gasteiger partial charge in [0.25, 0.3) is 0 Å². The van der Waals surface area contributed by atoms with Crippen LogP contribution in [0.25, 0.3) is 0 Å². The molecule has 0 amide bonds. The number of benzene rings is 1. The number of rotatable bonds is 6. The van der Waals surface area contributed by atoms with E-state index in [2.05, 4.69) is 4.74 Å². The average molecular weight is 272 g/mol. The van der Waals surface area contributed by atoms with Crippen LogP contribution >= 0.6 is 11.8 Å². The van der Waals surface area contributed by atoms with Gasteiger partial charge in [-0.2, -0.15) is 0 Å². The van der Waals surface area contributed by atoms with Gasteiger partial charge in [0, 0.05) is 0 Å². The Bertz CT molecular complexity index is 448. The van der Waals surface area contributed by atoms with Crippen LogP contribution in [-0.4, -0.2) is 37.5 Å². The minimum absolute atomic E-state index is 0.0644. The zero-order valence-electron chi connectivity index (χ0n) is 10.1. The molecule has 0 bridgehead atoms. The van der Waals surface area contributed by atoms with Gasteiger partial charge in [-0.15, -0.1) is 11.8 Å². The van der Waals surface area contributed by atoms with Gasteiger partial charge in [-0.1, -0.05) is 0 Å². The van der Waals surface area contributed by atoms with Crippen LogP contribution in [0.2, 0.25) is 0 Å². The first-order chi connectivity index (χ1) is 8.58. The third-order valence-electron chi connectivity index (χ3n) is 2.14. The Kier molecular flexibility index (Phi) is 5.64. The summed E-state index contributed by atoms with van der Waals surface area (Å²) in [5.41, 5.74) is 0.176. The molecule has 98 valence electrons. The topological polar surface area (TPSA) is 52.6 Å². The Labute approximate surface area is 108 Å². The van der Waals surface area contributed by atoms with Crippen LogP contribution in [0.15, 0.2) is 18.2 Å². The molecule has 1 aromatic carbocycles. The van der Waals surface area contributed by atoms with Gasteiger partial charge in [-0.05, 0) is 18.2 Å². The molecule has 0 aliphatic heterocycles. The van der Waals surface area contributed by atoms with Crippen molar-refractivity contribution in [2.45, 2.75) is 0 Å². The molecule has 0 aliphatic carbocycles. The summed E-state index contributed by atoms with van der Waals surface area (Å²) in [6.45, 7) is 0. The number of methoxy groups -OCH3 is 2. The molecule has 0 atom stereocenters. The summed E-state index contributed by atoms with van der Waals surface area (Å²) in [6.07, 6.45) is 0. The maximum Gasteiger partial charge on any atom is 0.315 e. The highest BCUT2D eigenvalue weighted by molar-refractivity contribution is 8.00. The molecular weight excluding hydrogens is 259 g/mol. The maximum absolute atomic E-state index is 13.1. The first-order valence-electron chi connectivity index (χ1n) is 5.09. The van der Waals surface area contributed by atoms with Crippen molar-refractivity contribution in [3.8, 4) is 5.75 Å². The van der Waals surface area contributed by atoms with Gasteiger partial charge in [-0.25, -0.2) is 4.39 Å². The van der Waals surface area contributed by atoms with Crippen molar-refractivity contribution < 1.29 is 23.5 Å². The minimum atomic E-state index is -0.503. The second-order valence-corrected chi connectivity index (χ2v) is 4.32. The highest BCUT2D eigenvalue weighted by Gasteiger charge is 2.14. The zero-order chi connectivity index (χ0) is 13.5. The zero-order valence-corrected chi connectivity index (χ0v) is 10.9. The van der Waals surface area contributed by atoms with E-state index in [-0.39, 0.29) is 22.9 Å². The Balaban J connectivity index is 2.66. The fraction of sp³-hybridized carbons (Fsp3) is 0.333. The van der Waals surface area contributed by atoms with Crippen LogP contribution in [0.3, 0.4) is 0 Å². The summed E-state index contributed by atoms with van der Waals surface area (Å²) < 4.78 is 22.5. The number of carbonyl (C=O) groups excluding carboxylic acids is 2. The molecule has 0 radical (unpaired) electrons. The first kappa shape index (κ1) is 14.5. The quantitative estimate of drug-likeness (QED) is 0.585. The fourth-order valence-corrected chi connectivity index (χ4v) is 1.99. The Morgan fingerprint density at radius 1 is 1.28 bits per heavy atom. The molecule has 1 aromatic rings. The van der Waals surface area contributed by atoms with E-state index in [1.165, 1.54) is 26.4 Å². The lowest BCUT2D eigenvalue weighted by molar-refractivity contribution is -0.137. The molecule has 0 aliphatic rings. The van der Waals surface area contributed by atoms with E-state index in [0.717, 1.165) is 17.8 Å². The summed E-state index contributed by atoms with van der Waals surface area (Å²) in [5, 5.41) is 0. The summed E-state index contributed by atoms with van der Waals surface area (Å²) in [4.78, 5) is 22.7. The summed E-state index contributed by atoms with van der Waals surface area (Å²) in [7, 11) is 2.69. The predicted octanol–water partition coefficient (Wildman–Crippen LogP) is 1.92. The van der Waals surface area contributed by atoms with Crippen molar-refractivity contribution in [1.82, 2.24) is 0 Å². The van der Waals surface area contributed by atoms with Gasteiger partial charge in [-0.3, -0.25) is 9.59 Å². The fourth-order valence-electron chi connectivity index (χ4n) is 1.26. The molecule has 0 spiro atoms. The molecule has 1 rings (SSSR count). The summed E-state index contributed by atoms with van der Waals surface area (Å²) in [5.74, 6) is -0.731. The molecule has 0 saturated heterocycles. The van der Waals surface area contributed by atoms with E-state index in [9.17, 15) is 14.0 Å². The molecule has 0 unspecified atom stereocenters. The van der Waals surface area contributed by atoms with Crippen LogP contribution < -0.4 is 4.74 Å². The third-order valence-corrected chi connectivity index (χ3v) is 3.05. The van der Waals surface area contributed by atoms with Crippen molar-refractivity contribution in [1.29, 1.82) is 0 Å². The van der Waals surface area contributed by atoms with Crippen molar-refractivity contribution in [2.75, 3.05) is 25.7 Å². The van der Waals surface area contributed by atoms with E-state index in [4.69, 9.17) is 4.74 Å². The van der Waals surface area contributed by atoms with E-state index in [1.807, 2.05) is 0 Å². The lowest BCUT2D eigenvalue weighted by Gasteiger charge is -2.07. The average Bonchev–Trinajstić information content (AvgIpc) is 2.38. The molecule has 4 nitrogen and oxygen atoms in total. The molecule has 0 N–H and O–H groups in total. The van der Waals surface area contributed by atoms with Crippen molar-refractivity contribution in [3.05, 3.63) is 29.6 Å². The summed E-state index contributed by atoms with van der Waals surface area (Å²) in [6, 6.07) is 3.74. The van der Waals surface area contributed by atoms with Gasteiger partial charge in [0.1, 0.15) is 11.6 Å². The standard InChI is InChI=1S/C12H13FO4S/c1-16-11-4-3-8(13)5-9(11)10(14)6-18-7-12(15)17-2/h3-5H,6-7H2,1-2H3. The SMILES string of the molecule is COC(=O)CSCC(=O)c1cc(F)ccc1OC. The lowest BCUT2D eigenvalue weighted by atomic mass is 10.1. The highest BCUT2D eigenvalue weighted by atomic mass is 32.2. The molecule has 0 heterocycles. The number of halogens is 1. The number of ketones is 1. The largest absolute Gasteiger partial charge is 0.496 e. The van der Waals surface area contributed by atoms with Gasteiger partial charge >= 0.3 is 5.97 Å². The van der Waals surface area contributed by atoms with Gasteiger partial charge in [0.05, 0.1) is 31.3 Å². The lowest BCUT2D eigenvalue weighted by Crippen LogP contribution is -2.09. The Morgan fingerprint density at radius 3 is 2.61 bits per heavy atom. The van der Waals surface area contributed by atoms with Gasteiger partial charge in [0.15, 0.2) is 5.78 Å². The molecule has 0 aromatic heterocycles. The van der Waals surface area contributed by atoms with Gasteiger partial charge < -0.3 is 9.47 Å². The molecule has 18 heavy (non-hydrogen) atoms. The minimum Gasteiger partial charge on any atom is -0.496 e. The van der Waals surface area contributed by atoms with Crippen molar-refractivity contribution in [3.63, 3.8) is 0 Å². The van der Waals surface area contributed by atoms with Crippen LogP contribution in [0.4, 0.5) is 4.39 Å². The number of hydrogen-bond acceptors (Lipinski definition) is 5. The number of thioether (sulfide) groups is 1. The Hall–Kier alpha value is -1.56. The van der Waals surface area contributed by atoms with Crippen molar-refractivity contribution in [2.24, 2.45) is 0 Å². The van der Waals surface area contributed by atoms with Crippen LogP contribution in [0.1, 0.15) is 10.4 Å². The number of esters is 1. The van der Waals surface area contributed by atoms with E-state index in [1.54, 1.807) is 0 Å². The predicted molar refractivity (Wildman–Crippen MR) is 66.6 cm³/mol. The number of carbonyl (C=O) groups is 2. The maximum atomic E-state index is 13.1. The monoisotopic (exact) mass is 272 g/mol. The van der Waals surface area contributed by atoms with Crippen molar-refractivity contribution >= 4 is 23.5 Å². The van der Waals surface area contributed by atoms with Gasteiger partial charge in [0.2, 0.25) is 0 Å². The van der Waals surface area contributed by atoms with E-state index >= 15 is 0 Å². The Morgan fingerprint density at radius 2 is 2.00 bits per heavy atom.